The van der Waals surface area contributed by atoms with Crippen LogP contribution in [0.5, 0.6) is 5.75 Å². The van der Waals surface area contributed by atoms with Gasteiger partial charge in [-0.1, -0.05) is 35.2 Å². The Morgan fingerprint density at radius 1 is 1.26 bits per heavy atom. The molecule has 1 aromatic carbocycles. The largest absolute Gasteiger partial charge is 0.495 e. The van der Waals surface area contributed by atoms with Crippen LogP contribution in [0.3, 0.4) is 0 Å². The molecule has 0 spiro atoms. The Balaban J connectivity index is 1.80. The normalized spacial score (nSPS) is 11.0. The number of nitrogens with one attached hydrogen (secondary N) is 3. The van der Waals surface area contributed by atoms with Gasteiger partial charge in [-0.2, -0.15) is 13.2 Å². The molecule has 0 unspecified atom stereocenters. The number of ether oxygens (including phenoxy) is 1. The molecule has 0 saturated carbocycles. The maximum Gasteiger partial charge on any atom is 0.405 e. The number of carbonyl (C=O) groups excluding carboxylic acids is 2. The van der Waals surface area contributed by atoms with Crippen LogP contribution in [0.25, 0.3) is 0 Å². The van der Waals surface area contributed by atoms with E-state index in [1.807, 2.05) is 12.1 Å². The topological polar surface area (TPSA) is 105 Å². The van der Waals surface area contributed by atoms with Crippen molar-refractivity contribution in [3.63, 3.8) is 0 Å². The number of hydrogen-bond acceptors (Lipinski definition) is 8. The number of benzene rings is 1. The fraction of sp³-hybridized carbons (Fsp3) is 0.286. The van der Waals surface area contributed by atoms with Gasteiger partial charge in [-0.15, -0.1) is 10.2 Å². The number of nitrogens with zero attached hydrogens (tertiary/aromatic N) is 2. The second-order valence-corrected chi connectivity index (χ2v) is 7.03. The van der Waals surface area contributed by atoms with Gasteiger partial charge in [0.2, 0.25) is 11.0 Å². The van der Waals surface area contributed by atoms with E-state index in [1.54, 1.807) is 22.8 Å². The molecule has 13 heteroatoms. The van der Waals surface area contributed by atoms with Crippen molar-refractivity contribution in [2.45, 2.75) is 10.5 Å². The fourth-order valence-corrected chi connectivity index (χ4v) is 3.26. The number of imide groups is 1. The van der Waals surface area contributed by atoms with Crippen LogP contribution in [-0.2, 0) is 4.79 Å². The van der Waals surface area contributed by atoms with Gasteiger partial charge < -0.3 is 15.4 Å². The van der Waals surface area contributed by atoms with Crippen molar-refractivity contribution in [2.24, 2.45) is 0 Å². The zero-order chi connectivity index (χ0) is 19.9. The molecule has 0 radical (unpaired) electrons. The molecule has 3 N–H and O–H groups in total. The highest BCUT2D eigenvalue weighted by atomic mass is 32.2. The highest BCUT2D eigenvalue weighted by molar-refractivity contribution is 8.01. The minimum absolute atomic E-state index is 0.206. The number of para-hydroxylation sites is 2. The summed E-state index contributed by atoms with van der Waals surface area (Å²) >= 11 is 2.16. The first kappa shape index (κ1) is 20.8. The predicted octanol–water partition coefficient (Wildman–Crippen LogP) is 2.77. The zero-order valence-corrected chi connectivity index (χ0v) is 15.4. The van der Waals surface area contributed by atoms with E-state index in [4.69, 9.17) is 4.74 Å². The van der Waals surface area contributed by atoms with E-state index in [2.05, 4.69) is 15.5 Å². The average molecular weight is 421 g/mol. The SMILES string of the molecule is COc1ccccc1Nc1nnc(SCC(=O)NC(=O)NCC(F)(F)F)s1. The Bertz CT molecular complexity index is 800. The van der Waals surface area contributed by atoms with Crippen molar-refractivity contribution in [1.82, 2.24) is 20.8 Å². The standard InChI is InChI=1S/C14H14F3N5O3S2/c1-25-9-5-3-2-4-8(9)19-12-21-22-13(27-12)26-6-10(23)20-11(24)18-7-14(15,16)17/h2-5H,6-7H2,1H3,(H,19,21)(H2,18,20,23,24). The van der Waals surface area contributed by atoms with Gasteiger partial charge in [0, 0.05) is 0 Å². The average Bonchev–Trinajstić information content (AvgIpc) is 3.05. The van der Waals surface area contributed by atoms with E-state index < -0.39 is 24.7 Å². The Morgan fingerprint density at radius 2 is 2.00 bits per heavy atom. The summed E-state index contributed by atoms with van der Waals surface area (Å²) in [5.41, 5.74) is 0.687. The van der Waals surface area contributed by atoms with Crippen molar-refractivity contribution >= 4 is 45.9 Å². The molecule has 3 amide bonds. The number of carbonyl (C=O) groups is 2. The molecular formula is C14H14F3N5O3S2. The van der Waals surface area contributed by atoms with Crippen LogP contribution in [-0.4, -0.2) is 47.7 Å². The van der Waals surface area contributed by atoms with Crippen LogP contribution < -0.4 is 20.7 Å². The zero-order valence-electron chi connectivity index (χ0n) is 13.8. The number of aromatic nitrogens is 2. The molecule has 2 rings (SSSR count). The summed E-state index contributed by atoms with van der Waals surface area (Å²) in [4.78, 5) is 22.8. The molecule has 1 heterocycles. The van der Waals surface area contributed by atoms with Gasteiger partial charge in [-0.3, -0.25) is 10.1 Å². The van der Waals surface area contributed by atoms with Crippen LogP contribution in [0.1, 0.15) is 0 Å². The predicted molar refractivity (Wildman–Crippen MR) is 94.5 cm³/mol. The van der Waals surface area contributed by atoms with Gasteiger partial charge in [0.1, 0.15) is 12.3 Å². The van der Waals surface area contributed by atoms with Crippen molar-refractivity contribution < 1.29 is 27.5 Å². The maximum atomic E-state index is 12.0. The van der Waals surface area contributed by atoms with Gasteiger partial charge in [0.15, 0.2) is 4.34 Å². The van der Waals surface area contributed by atoms with Crippen molar-refractivity contribution in [2.75, 3.05) is 24.7 Å². The number of amides is 3. The Hall–Kier alpha value is -2.54. The molecule has 8 nitrogen and oxygen atoms in total. The first-order valence-corrected chi connectivity index (χ1v) is 9.08. The summed E-state index contributed by atoms with van der Waals surface area (Å²) in [6, 6.07) is 5.98. The summed E-state index contributed by atoms with van der Waals surface area (Å²) in [5.74, 6) is -0.344. The summed E-state index contributed by atoms with van der Waals surface area (Å²) in [6.07, 6.45) is -4.55. The third-order valence-electron chi connectivity index (χ3n) is 2.78. The third kappa shape index (κ3) is 7.30. The van der Waals surface area contributed by atoms with E-state index in [0.29, 0.717) is 20.9 Å². The van der Waals surface area contributed by atoms with Crippen molar-refractivity contribution in [3.8, 4) is 5.75 Å². The molecule has 0 atom stereocenters. The van der Waals surface area contributed by atoms with Crippen LogP contribution in [0.2, 0.25) is 0 Å². The molecule has 0 fully saturated rings. The van der Waals surface area contributed by atoms with E-state index in [1.165, 1.54) is 18.4 Å². The highest BCUT2D eigenvalue weighted by Gasteiger charge is 2.28. The molecule has 27 heavy (non-hydrogen) atoms. The number of halogens is 3. The number of methoxy groups -OCH3 is 1. The molecule has 0 aliphatic rings. The summed E-state index contributed by atoms with van der Waals surface area (Å²) in [5, 5.41) is 14.6. The Kier molecular flexibility index (Phi) is 7.24. The van der Waals surface area contributed by atoms with Gasteiger partial charge in [0.05, 0.1) is 18.6 Å². The lowest BCUT2D eigenvalue weighted by Gasteiger charge is -2.08. The monoisotopic (exact) mass is 421 g/mol. The summed E-state index contributed by atoms with van der Waals surface area (Å²) in [6.45, 7) is -1.52. The van der Waals surface area contributed by atoms with Crippen LogP contribution in [0.15, 0.2) is 28.6 Å². The Labute approximate surface area is 159 Å². The van der Waals surface area contributed by atoms with Gasteiger partial charge in [-0.25, -0.2) is 4.79 Å². The lowest BCUT2D eigenvalue weighted by atomic mass is 10.3. The summed E-state index contributed by atoms with van der Waals surface area (Å²) < 4.78 is 41.6. The van der Waals surface area contributed by atoms with E-state index in [9.17, 15) is 22.8 Å². The maximum absolute atomic E-state index is 12.0. The van der Waals surface area contributed by atoms with Crippen LogP contribution in [0.4, 0.5) is 28.8 Å². The van der Waals surface area contributed by atoms with E-state index in [-0.39, 0.29) is 5.75 Å². The van der Waals surface area contributed by atoms with E-state index in [0.717, 1.165) is 11.8 Å². The molecule has 1 aromatic heterocycles. The third-order valence-corrected chi connectivity index (χ3v) is 4.76. The molecule has 0 aliphatic heterocycles. The summed E-state index contributed by atoms with van der Waals surface area (Å²) in [7, 11) is 1.53. The second kappa shape index (κ2) is 9.41. The number of hydrogen-bond donors (Lipinski definition) is 3. The Morgan fingerprint density at radius 3 is 2.70 bits per heavy atom. The lowest BCUT2D eigenvalue weighted by molar-refractivity contribution is -0.124. The van der Waals surface area contributed by atoms with Crippen LogP contribution in [0, 0.1) is 0 Å². The first-order chi connectivity index (χ1) is 12.8. The quantitative estimate of drug-likeness (QED) is 0.591. The van der Waals surface area contributed by atoms with Crippen LogP contribution >= 0.6 is 23.1 Å². The number of thioether (sulfide) groups is 1. The molecule has 2 aromatic rings. The number of anilines is 2. The van der Waals surface area contributed by atoms with Gasteiger partial charge in [-0.05, 0) is 12.1 Å². The molecular weight excluding hydrogens is 407 g/mol. The first-order valence-electron chi connectivity index (χ1n) is 7.27. The molecule has 0 aliphatic carbocycles. The fourth-order valence-electron chi connectivity index (χ4n) is 1.70. The number of rotatable bonds is 7. The van der Waals surface area contributed by atoms with Gasteiger partial charge >= 0.3 is 12.2 Å². The van der Waals surface area contributed by atoms with Gasteiger partial charge in [0.25, 0.3) is 0 Å². The van der Waals surface area contributed by atoms with Crippen molar-refractivity contribution in [1.29, 1.82) is 0 Å². The van der Waals surface area contributed by atoms with Crippen molar-refractivity contribution in [3.05, 3.63) is 24.3 Å². The lowest BCUT2D eigenvalue weighted by Crippen LogP contribution is -2.43. The minimum Gasteiger partial charge on any atom is -0.495 e. The highest BCUT2D eigenvalue weighted by Crippen LogP contribution is 2.31. The number of urea groups is 1. The molecule has 146 valence electrons. The molecule has 0 saturated heterocycles. The smallest absolute Gasteiger partial charge is 0.405 e. The minimum atomic E-state index is -4.55. The molecule has 0 bridgehead atoms. The van der Waals surface area contributed by atoms with E-state index >= 15 is 0 Å². The second-order valence-electron chi connectivity index (χ2n) is 4.83. The number of alkyl halides is 3.